The summed E-state index contributed by atoms with van der Waals surface area (Å²) in [6.07, 6.45) is 4.60. The van der Waals surface area contributed by atoms with Crippen molar-refractivity contribution in [1.29, 1.82) is 0 Å². The van der Waals surface area contributed by atoms with Crippen LogP contribution < -0.4 is 5.32 Å². The molecule has 1 unspecified atom stereocenters. The fourth-order valence-corrected chi connectivity index (χ4v) is 3.63. The highest BCUT2D eigenvalue weighted by Crippen LogP contribution is 2.22. The average molecular weight is 464 g/mol. The first-order chi connectivity index (χ1) is 16.0. The van der Waals surface area contributed by atoms with Gasteiger partial charge in [0.25, 0.3) is 0 Å². The van der Waals surface area contributed by atoms with E-state index in [0.29, 0.717) is 18.6 Å². The number of nitrogens with one attached hydrogen (secondary N) is 1. The van der Waals surface area contributed by atoms with E-state index in [2.05, 4.69) is 11.9 Å². The van der Waals surface area contributed by atoms with Gasteiger partial charge in [-0.25, -0.2) is 9.78 Å². The third kappa shape index (κ3) is 7.20. The van der Waals surface area contributed by atoms with Crippen molar-refractivity contribution in [3.63, 3.8) is 0 Å². The second-order valence-corrected chi connectivity index (χ2v) is 9.51. The molecule has 2 heterocycles. The van der Waals surface area contributed by atoms with E-state index in [1.807, 2.05) is 80.9 Å². The molecule has 0 fully saturated rings. The van der Waals surface area contributed by atoms with E-state index in [0.717, 1.165) is 28.0 Å². The molecule has 0 radical (unpaired) electrons. The molecule has 0 aliphatic heterocycles. The molecule has 0 spiro atoms. The number of hydrogen-bond donors (Lipinski definition) is 1. The largest absolute Gasteiger partial charge is 0.444 e. The lowest BCUT2D eigenvalue weighted by Crippen LogP contribution is -2.40. The van der Waals surface area contributed by atoms with Crippen LogP contribution in [0.25, 0.3) is 16.9 Å². The monoisotopic (exact) mass is 463 g/mol. The van der Waals surface area contributed by atoms with E-state index in [9.17, 15) is 9.59 Å². The minimum Gasteiger partial charge on any atom is -0.444 e. The molecule has 2 aromatic heterocycles. The Morgan fingerprint density at radius 2 is 1.88 bits per heavy atom. The highest BCUT2D eigenvalue weighted by molar-refractivity contribution is 5.71. The summed E-state index contributed by atoms with van der Waals surface area (Å²) < 4.78 is 12.5. The summed E-state index contributed by atoms with van der Waals surface area (Å²) in [5, 5.41) is 2.89. The van der Waals surface area contributed by atoms with Gasteiger partial charge < -0.3 is 19.2 Å². The molecule has 34 heavy (non-hydrogen) atoms. The van der Waals surface area contributed by atoms with Crippen LogP contribution in [-0.2, 0) is 20.7 Å². The van der Waals surface area contributed by atoms with E-state index >= 15 is 0 Å². The van der Waals surface area contributed by atoms with Crippen LogP contribution in [0, 0.1) is 6.92 Å². The van der Waals surface area contributed by atoms with Crippen LogP contribution in [0.1, 0.15) is 51.7 Å². The minimum absolute atomic E-state index is 0.159. The van der Waals surface area contributed by atoms with Gasteiger partial charge in [0.2, 0.25) is 0 Å². The fraction of sp³-hybridized carbons (Fsp3) is 0.370. The summed E-state index contributed by atoms with van der Waals surface area (Å²) in [5.41, 5.74) is 4.37. The van der Waals surface area contributed by atoms with Gasteiger partial charge in [0.15, 0.2) is 0 Å². The lowest BCUT2D eigenvalue weighted by atomic mass is 10.00. The second-order valence-electron chi connectivity index (χ2n) is 9.51. The van der Waals surface area contributed by atoms with Crippen molar-refractivity contribution >= 4 is 17.7 Å². The van der Waals surface area contributed by atoms with Gasteiger partial charge in [0.1, 0.15) is 11.2 Å². The van der Waals surface area contributed by atoms with Gasteiger partial charge >= 0.3 is 12.1 Å². The first-order valence-electron chi connectivity index (χ1n) is 11.4. The number of alkyl carbamates (subject to hydrolysis) is 1. The molecule has 0 saturated heterocycles. The van der Waals surface area contributed by atoms with Crippen LogP contribution in [0.5, 0.6) is 0 Å². The van der Waals surface area contributed by atoms with Crippen molar-refractivity contribution in [1.82, 2.24) is 14.7 Å². The number of imidazole rings is 1. The Balaban J connectivity index is 1.71. The molecule has 7 heteroatoms. The summed E-state index contributed by atoms with van der Waals surface area (Å²) in [5.74, 6) is -0.0274. The lowest BCUT2D eigenvalue weighted by Gasteiger charge is -2.23. The summed E-state index contributed by atoms with van der Waals surface area (Å²) in [6.45, 7) is 12.7. The molecule has 1 aromatic carbocycles. The number of rotatable bonds is 8. The number of amides is 1. The first-order valence-corrected chi connectivity index (χ1v) is 11.4. The van der Waals surface area contributed by atoms with Gasteiger partial charge in [-0.15, -0.1) is 0 Å². The summed E-state index contributed by atoms with van der Waals surface area (Å²) >= 11 is 0. The van der Waals surface area contributed by atoms with Crippen LogP contribution in [0.2, 0.25) is 0 Å². The number of nitrogens with zero attached hydrogens (tertiary/aromatic N) is 2. The molecule has 1 atom stereocenters. The van der Waals surface area contributed by atoms with E-state index < -0.39 is 11.7 Å². The molecule has 3 aromatic rings. The van der Waals surface area contributed by atoms with E-state index in [1.54, 1.807) is 6.92 Å². The fourth-order valence-electron chi connectivity index (χ4n) is 3.63. The lowest BCUT2D eigenvalue weighted by molar-refractivity contribution is -0.139. The van der Waals surface area contributed by atoms with Crippen molar-refractivity contribution in [2.45, 2.75) is 65.5 Å². The van der Waals surface area contributed by atoms with Gasteiger partial charge in [0, 0.05) is 30.4 Å². The van der Waals surface area contributed by atoms with E-state index in [-0.39, 0.29) is 18.4 Å². The molecular weight excluding hydrogens is 430 g/mol. The SMILES string of the molecule is C=C(C)OC(=O)CCC(Cc1ccc(-c2cn3cccc(C)c3n2)cc1)NC(=O)OC(C)(C)C. The Hall–Kier alpha value is -3.61. The topological polar surface area (TPSA) is 81.9 Å². The minimum atomic E-state index is -0.610. The molecule has 180 valence electrons. The van der Waals surface area contributed by atoms with Crippen LogP contribution in [0.3, 0.4) is 0 Å². The third-order valence-electron chi connectivity index (χ3n) is 5.12. The van der Waals surface area contributed by atoms with Crippen LogP contribution in [0.15, 0.2) is 61.1 Å². The number of aromatic nitrogens is 2. The molecule has 0 aliphatic carbocycles. The van der Waals surface area contributed by atoms with Gasteiger partial charge in [0.05, 0.1) is 11.5 Å². The van der Waals surface area contributed by atoms with Crippen molar-refractivity contribution < 1.29 is 19.1 Å². The number of pyridine rings is 1. The number of hydrogen-bond acceptors (Lipinski definition) is 5. The van der Waals surface area contributed by atoms with Gasteiger partial charge in [-0.05, 0) is 64.7 Å². The number of aryl methyl sites for hydroxylation is 1. The first kappa shape index (κ1) is 25.0. The third-order valence-corrected chi connectivity index (χ3v) is 5.12. The van der Waals surface area contributed by atoms with Crippen LogP contribution >= 0.6 is 0 Å². The maximum absolute atomic E-state index is 12.4. The molecule has 3 rings (SSSR count). The van der Waals surface area contributed by atoms with Gasteiger partial charge in [-0.2, -0.15) is 0 Å². The van der Waals surface area contributed by atoms with Gasteiger partial charge in [-0.1, -0.05) is 36.9 Å². The molecule has 1 N–H and O–H groups in total. The number of allylic oxidation sites excluding steroid dienone is 1. The molecular formula is C27H33N3O4. The number of benzene rings is 1. The van der Waals surface area contributed by atoms with E-state index in [4.69, 9.17) is 14.5 Å². The standard InChI is InChI=1S/C27H33N3O4/c1-18(2)33-24(31)14-13-22(28-26(32)34-27(4,5)6)16-20-9-11-21(12-10-20)23-17-30-15-7-8-19(3)25(30)29-23/h7-12,15,17,22H,1,13-14,16H2,2-6H3,(H,28,32). The number of esters is 1. The number of carbonyl (C=O) groups is 2. The summed E-state index contributed by atoms with van der Waals surface area (Å²) in [4.78, 5) is 29.1. The zero-order chi connectivity index (χ0) is 24.9. The molecule has 0 bridgehead atoms. The van der Waals surface area contributed by atoms with E-state index in [1.165, 1.54) is 0 Å². The summed E-state index contributed by atoms with van der Waals surface area (Å²) in [6, 6.07) is 11.8. The average Bonchev–Trinajstić information content (AvgIpc) is 3.16. The zero-order valence-electron chi connectivity index (χ0n) is 20.6. The number of carbonyl (C=O) groups excluding carboxylic acids is 2. The molecule has 1 amide bonds. The smallest absolute Gasteiger partial charge is 0.407 e. The Labute approximate surface area is 200 Å². The molecule has 0 aliphatic rings. The van der Waals surface area contributed by atoms with Crippen LogP contribution in [-0.4, -0.2) is 33.1 Å². The number of ether oxygens (including phenoxy) is 2. The summed E-state index contributed by atoms with van der Waals surface area (Å²) in [7, 11) is 0. The molecule has 7 nitrogen and oxygen atoms in total. The number of fused-ring (bicyclic) bond motifs is 1. The maximum Gasteiger partial charge on any atom is 0.407 e. The normalized spacial score (nSPS) is 12.3. The molecule has 0 saturated carbocycles. The Morgan fingerprint density at radius 3 is 2.50 bits per heavy atom. The van der Waals surface area contributed by atoms with Crippen molar-refractivity contribution in [3.05, 3.63) is 72.3 Å². The predicted molar refractivity (Wildman–Crippen MR) is 132 cm³/mol. The predicted octanol–water partition coefficient (Wildman–Crippen LogP) is 5.60. The van der Waals surface area contributed by atoms with Crippen molar-refractivity contribution in [2.75, 3.05) is 0 Å². The maximum atomic E-state index is 12.4. The Bertz CT molecular complexity index is 1170. The Morgan fingerprint density at radius 1 is 1.18 bits per heavy atom. The highest BCUT2D eigenvalue weighted by atomic mass is 16.6. The quantitative estimate of drug-likeness (QED) is 0.347. The van der Waals surface area contributed by atoms with Gasteiger partial charge in [-0.3, -0.25) is 4.79 Å². The Kier molecular flexibility index (Phi) is 7.76. The highest BCUT2D eigenvalue weighted by Gasteiger charge is 2.21. The van der Waals surface area contributed by atoms with Crippen LogP contribution in [0.4, 0.5) is 4.79 Å². The van der Waals surface area contributed by atoms with Crippen molar-refractivity contribution in [3.8, 4) is 11.3 Å². The second kappa shape index (κ2) is 10.5. The van der Waals surface area contributed by atoms with Crippen molar-refractivity contribution in [2.24, 2.45) is 0 Å². The zero-order valence-corrected chi connectivity index (χ0v) is 20.6.